The van der Waals surface area contributed by atoms with Crippen molar-refractivity contribution in [2.75, 3.05) is 0 Å². The normalized spacial score (nSPS) is 15.5. The zero-order chi connectivity index (χ0) is 9.24. The van der Waals surface area contributed by atoms with Crippen molar-refractivity contribution in [2.24, 2.45) is 0 Å². The first-order valence-corrected chi connectivity index (χ1v) is 4.59. The number of hydrogen-bond donors (Lipinski definition) is 0. The molecule has 0 aromatic carbocycles. The van der Waals surface area contributed by atoms with Crippen molar-refractivity contribution in [3.8, 4) is 23.2 Å². The van der Waals surface area contributed by atoms with Crippen molar-refractivity contribution in [1.29, 1.82) is 21.0 Å². The molecule has 0 fully saturated rings. The van der Waals surface area contributed by atoms with Crippen LogP contribution in [0.5, 0.6) is 0 Å². The molecule has 0 bridgehead atoms. The van der Waals surface area contributed by atoms with Gasteiger partial charge >= 0.3 is 59.2 Å². The Morgan fingerprint density at radius 3 is 0.909 bits per heavy atom. The SMILES string of the molecule is N#C[P-](F)(F)(C#N)(C#N)C#N. The zero-order valence-electron chi connectivity index (χ0n) is 4.99. The van der Waals surface area contributed by atoms with Gasteiger partial charge in [-0.3, -0.25) is 0 Å². The van der Waals surface area contributed by atoms with Crippen LogP contribution in [0.25, 0.3) is 0 Å². The first kappa shape index (κ1) is 9.25. The summed E-state index contributed by atoms with van der Waals surface area (Å²) >= 11 is 0. The molecule has 0 aliphatic heterocycles. The number of rotatable bonds is 0. The summed E-state index contributed by atoms with van der Waals surface area (Å²) in [5, 5.41) is 31.6. The first-order valence-electron chi connectivity index (χ1n) is 2.13. The number of halogens is 2. The van der Waals surface area contributed by atoms with Crippen LogP contribution < -0.4 is 0 Å². The van der Waals surface area contributed by atoms with E-state index in [0.717, 1.165) is 0 Å². The molecule has 0 atom stereocenters. The third kappa shape index (κ3) is 0.968. The Bertz CT molecular complexity index is 307. The average Bonchev–Trinajstić information content (AvgIpc) is 2.07. The molecule has 4 nitrogen and oxygen atoms in total. The molecular formula is C4F2N4P-. The Morgan fingerprint density at radius 1 is 0.727 bits per heavy atom. The Morgan fingerprint density at radius 2 is 0.909 bits per heavy atom. The van der Waals surface area contributed by atoms with Crippen molar-refractivity contribution in [3.05, 3.63) is 0 Å². The molecule has 11 heavy (non-hydrogen) atoms. The molecule has 7 heteroatoms. The van der Waals surface area contributed by atoms with Gasteiger partial charge in [0.2, 0.25) is 0 Å². The summed E-state index contributed by atoms with van der Waals surface area (Å²) in [5.74, 6) is 0.949. The predicted molar refractivity (Wildman–Crippen MR) is 31.6 cm³/mol. The van der Waals surface area contributed by atoms with Gasteiger partial charge in [0.1, 0.15) is 0 Å². The van der Waals surface area contributed by atoms with Crippen LogP contribution in [0.4, 0.5) is 8.39 Å². The van der Waals surface area contributed by atoms with E-state index in [1.54, 1.807) is 0 Å². The minimum atomic E-state index is -7.59. The molecule has 0 aliphatic carbocycles. The van der Waals surface area contributed by atoms with E-state index in [9.17, 15) is 8.39 Å². The van der Waals surface area contributed by atoms with E-state index >= 15 is 0 Å². The van der Waals surface area contributed by atoms with Crippen LogP contribution in [-0.4, -0.2) is 0 Å². The number of nitriles is 4. The fourth-order valence-corrected chi connectivity index (χ4v) is 0.402. The average molecular weight is 173 g/mol. The van der Waals surface area contributed by atoms with Gasteiger partial charge in [0.25, 0.3) is 0 Å². The molecule has 0 rings (SSSR count). The van der Waals surface area contributed by atoms with Crippen LogP contribution in [0, 0.1) is 44.3 Å². The Kier molecular flexibility index (Phi) is 1.23. The van der Waals surface area contributed by atoms with Crippen molar-refractivity contribution in [2.45, 2.75) is 0 Å². The van der Waals surface area contributed by atoms with Crippen LogP contribution in [0.15, 0.2) is 0 Å². The second-order valence-electron chi connectivity index (χ2n) is 1.81. The van der Waals surface area contributed by atoms with Crippen LogP contribution in [0.1, 0.15) is 0 Å². The monoisotopic (exact) mass is 173 g/mol. The van der Waals surface area contributed by atoms with Crippen LogP contribution in [-0.2, 0) is 0 Å². The maximum absolute atomic E-state index is 12.8. The van der Waals surface area contributed by atoms with E-state index in [1.807, 2.05) is 0 Å². The summed E-state index contributed by atoms with van der Waals surface area (Å²) in [6.45, 7) is -7.59. The van der Waals surface area contributed by atoms with Crippen molar-refractivity contribution in [3.63, 3.8) is 0 Å². The zero-order valence-corrected chi connectivity index (χ0v) is 5.89. The van der Waals surface area contributed by atoms with Crippen LogP contribution >= 0.6 is 6.57 Å². The number of hydrogen-bond acceptors (Lipinski definition) is 4. The standard InChI is InChI=1S/C4F2N4P/c5-11(6,1-7,2-8,3-9)4-10/q-1. The molecule has 0 unspecified atom stereocenters. The first-order chi connectivity index (χ1) is 4.80. The molecule has 0 saturated carbocycles. The Balaban J connectivity index is 6.12. The summed E-state index contributed by atoms with van der Waals surface area (Å²) in [6, 6.07) is 0. The second kappa shape index (κ2) is 1.46. The van der Waals surface area contributed by atoms with Gasteiger partial charge in [-0.25, -0.2) is 0 Å². The Labute approximate surface area is 60.2 Å². The van der Waals surface area contributed by atoms with Crippen LogP contribution in [0.2, 0.25) is 0 Å². The van der Waals surface area contributed by atoms with Gasteiger partial charge in [-0.15, -0.1) is 0 Å². The molecule has 0 saturated heterocycles. The summed E-state index contributed by atoms with van der Waals surface area (Å²) in [5.41, 5.74) is 0. The van der Waals surface area contributed by atoms with Gasteiger partial charge < -0.3 is 0 Å². The topological polar surface area (TPSA) is 95.2 Å². The molecular weight excluding hydrogens is 173 g/mol. The fraction of sp³-hybridized carbons (Fsp3) is 0. The summed E-state index contributed by atoms with van der Waals surface area (Å²) < 4.78 is 25.6. The third-order valence-corrected chi connectivity index (χ3v) is 2.71. The van der Waals surface area contributed by atoms with E-state index in [2.05, 4.69) is 0 Å². The van der Waals surface area contributed by atoms with Gasteiger partial charge in [-0.1, -0.05) is 0 Å². The van der Waals surface area contributed by atoms with Crippen molar-refractivity contribution in [1.82, 2.24) is 0 Å². The van der Waals surface area contributed by atoms with E-state index < -0.39 is 6.57 Å². The van der Waals surface area contributed by atoms with Crippen molar-refractivity contribution >= 4 is 6.57 Å². The molecule has 0 N–H and O–H groups in total. The predicted octanol–water partition coefficient (Wildman–Crippen LogP) is 1.77. The second-order valence-corrected chi connectivity index (χ2v) is 5.43. The maximum atomic E-state index is 12.8. The number of nitrogens with zero attached hydrogens (tertiary/aromatic N) is 4. The van der Waals surface area contributed by atoms with Gasteiger partial charge in [0.15, 0.2) is 0 Å². The molecule has 0 radical (unpaired) electrons. The molecule has 0 spiro atoms. The van der Waals surface area contributed by atoms with Gasteiger partial charge in [-0.05, 0) is 0 Å². The van der Waals surface area contributed by atoms with Gasteiger partial charge in [0.05, 0.1) is 0 Å². The van der Waals surface area contributed by atoms with Crippen molar-refractivity contribution < 1.29 is 8.39 Å². The van der Waals surface area contributed by atoms with E-state index in [4.69, 9.17) is 21.0 Å². The molecule has 0 amide bonds. The molecule has 0 aromatic rings. The van der Waals surface area contributed by atoms with E-state index in [-0.39, 0.29) is 23.2 Å². The summed E-state index contributed by atoms with van der Waals surface area (Å²) in [7, 11) is 0. The molecule has 0 heterocycles. The minimum absolute atomic E-state index is 0.237. The summed E-state index contributed by atoms with van der Waals surface area (Å²) in [4.78, 5) is 0. The summed E-state index contributed by atoms with van der Waals surface area (Å²) in [6.07, 6.45) is 0. The molecule has 0 aromatic heterocycles. The molecule has 56 valence electrons. The van der Waals surface area contributed by atoms with E-state index in [1.165, 1.54) is 0 Å². The molecule has 0 aliphatic rings. The van der Waals surface area contributed by atoms with Gasteiger partial charge in [0, 0.05) is 0 Å². The third-order valence-electron chi connectivity index (χ3n) is 0.902. The quantitative estimate of drug-likeness (QED) is 0.521. The van der Waals surface area contributed by atoms with Crippen LogP contribution in [0.3, 0.4) is 0 Å². The van der Waals surface area contributed by atoms with E-state index in [0.29, 0.717) is 0 Å². The van der Waals surface area contributed by atoms with Gasteiger partial charge in [-0.2, -0.15) is 0 Å². The Hall–Kier alpha value is -1.75. The fourth-order valence-electron chi connectivity index (χ4n) is 0.134.